The fraction of sp³-hybridized carbons (Fsp3) is 0.526. The molecule has 1 aromatic carbocycles. The Hall–Kier alpha value is -2.41. The van der Waals surface area contributed by atoms with Crippen LogP contribution >= 0.6 is 0 Å². The van der Waals surface area contributed by atoms with E-state index in [4.69, 9.17) is 4.52 Å². The van der Waals surface area contributed by atoms with Crippen LogP contribution in [0.3, 0.4) is 0 Å². The van der Waals surface area contributed by atoms with Crippen LogP contribution in [-0.2, 0) is 6.54 Å². The van der Waals surface area contributed by atoms with E-state index in [0.717, 1.165) is 32.1 Å². The van der Waals surface area contributed by atoms with Crippen molar-refractivity contribution in [3.8, 4) is 0 Å². The number of hydrogen-bond acceptors (Lipinski definition) is 5. The van der Waals surface area contributed by atoms with Crippen LogP contribution in [0.25, 0.3) is 0 Å². The molecule has 1 heterocycles. The molecule has 1 aromatic heterocycles. The summed E-state index contributed by atoms with van der Waals surface area (Å²) < 4.78 is 5.13. The van der Waals surface area contributed by atoms with Gasteiger partial charge in [0.05, 0.1) is 6.04 Å². The quantitative estimate of drug-likeness (QED) is 0.530. The lowest BCUT2D eigenvalue weighted by molar-refractivity contribution is 0.219. The number of benzene rings is 1. The molecule has 0 fully saturated rings. The largest absolute Gasteiger partial charge is 0.357 e. The molecule has 0 spiro atoms. The summed E-state index contributed by atoms with van der Waals surface area (Å²) in [5.41, 5.74) is 1.30. The van der Waals surface area contributed by atoms with Gasteiger partial charge in [-0.2, -0.15) is 4.98 Å². The third kappa shape index (κ3) is 5.84. The molecule has 1 unspecified atom stereocenters. The van der Waals surface area contributed by atoms with Gasteiger partial charge in [-0.05, 0) is 32.5 Å². The summed E-state index contributed by atoms with van der Waals surface area (Å²) in [6.45, 7) is 12.1. The predicted molar refractivity (Wildman–Crippen MR) is 104 cm³/mol. The molecule has 0 aliphatic carbocycles. The van der Waals surface area contributed by atoms with Crippen molar-refractivity contribution < 1.29 is 4.52 Å². The molecule has 0 saturated heterocycles. The van der Waals surface area contributed by atoms with E-state index in [-0.39, 0.29) is 6.04 Å². The van der Waals surface area contributed by atoms with E-state index in [1.165, 1.54) is 5.56 Å². The zero-order chi connectivity index (χ0) is 18.8. The minimum Gasteiger partial charge on any atom is -0.357 e. The average molecular weight is 358 g/mol. The Bertz CT molecular complexity index is 666. The molecular weight excluding hydrogens is 328 g/mol. The second kappa shape index (κ2) is 10.6. The van der Waals surface area contributed by atoms with Gasteiger partial charge in [0, 0.05) is 13.1 Å². The summed E-state index contributed by atoms with van der Waals surface area (Å²) in [4.78, 5) is 11.2. The molecular formula is C19H30N6O. The molecule has 2 aromatic rings. The van der Waals surface area contributed by atoms with Gasteiger partial charge in [-0.3, -0.25) is 4.90 Å². The summed E-state index contributed by atoms with van der Waals surface area (Å²) in [6, 6.07) is 10.9. The van der Waals surface area contributed by atoms with Crippen LogP contribution in [0.2, 0.25) is 0 Å². The number of likely N-dealkylation sites (N-methyl/N-ethyl adjacent to an activating group) is 1. The molecule has 2 N–H and O–H groups in total. The van der Waals surface area contributed by atoms with Crippen LogP contribution in [0.1, 0.15) is 44.1 Å². The minimum atomic E-state index is 0.278. The van der Waals surface area contributed by atoms with Crippen LogP contribution in [-0.4, -0.2) is 47.2 Å². The summed E-state index contributed by atoms with van der Waals surface area (Å²) in [5.74, 6) is 1.89. The smallest absolute Gasteiger partial charge is 0.248 e. The first-order chi connectivity index (χ1) is 12.7. The van der Waals surface area contributed by atoms with Gasteiger partial charge in [0.2, 0.25) is 5.89 Å². The molecule has 142 valence electrons. The molecule has 7 heteroatoms. The second-order valence-electron chi connectivity index (χ2n) is 5.96. The first-order valence-corrected chi connectivity index (χ1v) is 9.28. The average Bonchev–Trinajstić information content (AvgIpc) is 3.09. The SMILES string of the molecule is CCNC(=NCc1nc(C)no1)NCC(c1ccccc1)N(CC)CC. The lowest BCUT2D eigenvalue weighted by Gasteiger charge is -2.30. The molecule has 2 rings (SSSR count). The van der Waals surface area contributed by atoms with Crippen molar-refractivity contribution in [1.29, 1.82) is 0 Å². The minimum absolute atomic E-state index is 0.278. The third-order valence-electron chi connectivity index (χ3n) is 4.19. The van der Waals surface area contributed by atoms with Gasteiger partial charge in [0.15, 0.2) is 11.8 Å². The summed E-state index contributed by atoms with van der Waals surface area (Å²) in [7, 11) is 0. The topological polar surface area (TPSA) is 78.6 Å². The first kappa shape index (κ1) is 19.9. The zero-order valence-corrected chi connectivity index (χ0v) is 16.2. The monoisotopic (exact) mass is 358 g/mol. The zero-order valence-electron chi connectivity index (χ0n) is 16.2. The highest BCUT2D eigenvalue weighted by atomic mass is 16.5. The second-order valence-corrected chi connectivity index (χ2v) is 5.96. The van der Waals surface area contributed by atoms with Crippen molar-refractivity contribution >= 4 is 5.96 Å². The highest BCUT2D eigenvalue weighted by Crippen LogP contribution is 2.19. The number of aryl methyl sites for hydroxylation is 1. The van der Waals surface area contributed by atoms with Crippen molar-refractivity contribution in [3.63, 3.8) is 0 Å². The van der Waals surface area contributed by atoms with Gasteiger partial charge in [-0.25, -0.2) is 4.99 Å². The Morgan fingerprint density at radius 2 is 1.88 bits per heavy atom. The predicted octanol–water partition coefficient (Wildman–Crippen LogP) is 2.52. The summed E-state index contributed by atoms with van der Waals surface area (Å²) in [6.07, 6.45) is 0. The van der Waals surface area contributed by atoms with Crippen molar-refractivity contribution in [2.45, 2.75) is 40.3 Å². The number of nitrogens with zero attached hydrogens (tertiary/aromatic N) is 4. The van der Waals surface area contributed by atoms with Crippen LogP contribution in [0.15, 0.2) is 39.8 Å². The van der Waals surface area contributed by atoms with Crippen molar-refractivity contribution in [3.05, 3.63) is 47.6 Å². The molecule has 0 aliphatic heterocycles. The first-order valence-electron chi connectivity index (χ1n) is 9.28. The van der Waals surface area contributed by atoms with E-state index in [0.29, 0.717) is 18.3 Å². The number of rotatable bonds is 9. The highest BCUT2D eigenvalue weighted by molar-refractivity contribution is 5.79. The van der Waals surface area contributed by atoms with E-state index in [9.17, 15) is 0 Å². The molecule has 0 radical (unpaired) electrons. The fourth-order valence-corrected chi connectivity index (χ4v) is 2.88. The van der Waals surface area contributed by atoms with Gasteiger partial charge in [0.1, 0.15) is 6.54 Å². The van der Waals surface area contributed by atoms with Crippen LogP contribution < -0.4 is 10.6 Å². The van der Waals surface area contributed by atoms with Gasteiger partial charge >= 0.3 is 0 Å². The molecule has 0 bridgehead atoms. The van der Waals surface area contributed by atoms with Crippen LogP contribution in [0, 0.1) is 6.92 Å². The molecule has 0 amide bonds. The van der Waals surface area contributed by atoms with E-state index >= 15 is 0 Å². The number of guanidine groups is 1. The van der Waals surface area contributed by atoms with E-state index < -0.39 is 0 Å². The Morgan fingerprint density at radius 3 is 2.46 bits per heavy atom. The number of hydrogen-bond donors (Lipinski definition) is 2. The standard InChI is InChI=1S/C19H30N6O/c1-5-20-19(22-14-18-23-15(4)24-26-18)21-13-17(25(6-2)7-3)16-11-9-8-10-12-16/h8-12,17H,5-7,13-14H2,1-4H3,(H2,20,21,22). The maximum Gasteiger partial charge on any atom is 0.248 e. The molecule has 0 saturated carbocycles. The molecule has 26 heavy (non-hydrogen) atoms. The highest BCUT2D eigenvalue weighted by Gasteiger charge is 2.18. The Kier molecular flexibility index (Phi) is 8.08. The maximum absolute atomic E-state index is 5.13. The van der Waals surface area contributed by atoms with Crippen molar-refractivity contribution in [1.82, 2.24) is 25.7 Å². The number of nitrogens with one attached hydrogen (secondary N) is 2. The Labute approximate surface area is 155 Å². The Balaban J connectivity index is 2.07. The van der Waals surface area contributed by atoms with Gasteiger partial charge < -0.3 is 15.2 Å². The summed E-state index contributed by atoms with van der Waals surface area (Å²) in [5, 5.41) is 10.5. The normalized spacial score (nSPS) is 13.0. The lowest BCUT2D eigenvalue weighted by Crippen LogP contribution is -2.43. The molecule has 0 aliphatic rings. The number of aliphatic imine (C=N–C) groups is 1. The maximum atomic E-state index is 5.13. The fourth-order valence-electron chi connectivity index (χ4n) is 2.88. The van der Waals surface area contributed by atoms with Crippen LogP contribution in [0.5, 0.6) is 0 Å². The van der Waals surface area contributed by atoms with Gasteiger partial charge in [0.25, 0.3) is 0 Å². The summed E-state index contributed by atoms with van der Waals surface area (Å²) >= 11 is 0. The van der Waals surface area contributed by atoms with Crippen LogP contribution in [0.4, 0.5) is 0 Å². The third-order valence-corrected chi connectivity index (χ3v) is 4.19. The van der Waals surface area contributed by atoms with E-state index in [1.54, 1.807) is 6.92 Å². The van der Waals surface area contributed by atoms with Crippen molar-refractivity contribution in [2.24, 2.45) is 4.99 Å². The lowest BCUT2D eigenvalue weighted by atomic mass is 10.1. The van der Waals surface area contributed by atoms with Gasteiger partial charge in [-0.15, -0.1) is 0 Å². The van der Waals surface area contributed by atoms with E-state index in [2.05, 4.69) is 68.8 Å². The molecule has 1 atom stereocenters. The van der Waals surface area contributed by atoms with E-state index in [1.807, 2.05) is 13.0 Å². The van der Waals surface area contributed by atoms with Gasteiger partial charge in [-0.1, -0.05) is 49.3 Å². The molecule has 7 nitrogen and oxygen atoms in total. The Morgan fingerprint density at radius 1 is 1.15 bits per heavy atom. The van der Waals surface area contributed by atoms with Crippen molar-refractivity contribution in [2.75, 3.05) is 26.2 Å². The number of aromatic nitrogens is 2.